The lowest BCUT2D eigenvalue weighted by atomic mass is 9.95. The number of hydrogen-bond acceptors (Lipinski definition) is 3. The minimum absolute atomic E-state index is 0.251. The molecule has 0 saturated carbocycles. The quantitative estimate of drug-likeness (QED) is 0.727. The van der Waals surface area contributed by atoms with Crippen molar-refractivity contribution in [3.05, 3.63) is 28.8 Å². The van der Waals surface area contributed by atoms with E-state index < -0.39 is 0 Å². The second-order valence-electron chi connectivity index (χ2n) is 3.76. The third-order valence-electron chi connectivity index (χ3n) is 2.37. The molecule has 0 radical (unpaired) electrons. The van der Waals surface area contributed by atoms with Crippen LogP contribution in [-0.4, -0.2) is 5.11 Å². The van der Waals surface area contributed by atoms with Crippen molar-refractivity contribution in [3.8, 4) is 5.75 Å². The molecule has 0 heterocycles. The molecule has 3 nitrogen and oxygen atoms in total. The largest absolute Gasteiger partial charge is 0.507 e. The third kappa shape index (κ3) is 2.05. The smallest absolute Gasteiger partial charge is 0.124 e. The van der Waals surface area contributed by atoms with Crippen LogP contribution in [0.5, 0.6) is 5.75 Å². The molecule has 0 fully saturated rings. The molecule has 3 heteroatoms. The fourth-order valence-electron chi connectivity index (χ4n) is 1.54. The van der Waals surface area contributed by atoms with Crippen LogP contribution in [0.1, 0.15) is 36.5 Å². The van der Waals surface area contributed by atoms with Gasteiger partial charge in [-0.05, 0) is 24.0 Å². The Morgan fingerprint density at radius 2 is 2.07 bits per heavy atom. The number of aromatic hydroxyl groups is 1. The molecule has 0 aliphatic rings. The Morgan fingerprint density at radius 1 is 1.43 bits per heavy atom. The van der Waals surface area contributed by atoms with Crippen LogP contribution >= 0.6 is 0 Å². The molecule has 14 heavy (non-hydrogen) atoms. The van der Waals surface area contributed by atoms with Gasteiger partial charge in [-0.3, -0.25) is 4.84 Å². The Balaban J connectivity index is 3.22. The predicted molar refractivity (Wildman–Crippen MR) is 55.9 cm³/mol. The topological polar surface area (TPSA) is 55.5 Å². The summed E-state index contributed by atoms with van der Waals surface area (Å²) >= 11 is 0. The minimum atomic E-state index is 0.251. The molecular formula is C11H17NO2. The summed E-state index contributed by atoms with van der Waals surface area (Å²) in [5.41, 5.74) is 2.72. The highest BCUT2D eigenvalue weighted by molar-refractivity contribution is 5.45. The fourth-order valence-corrected chi connectivity index (χ4v) is 1.54. The monoisotopic (exact) mass is 195 g/mol. The zero-order chi connectivity index (χ0) is 10.7. The number of phenolic OH excluding ortho intramolecular Hbond substituents is 1. The second-order valence-corrected chi connectivity index (χ2v) is 3.76. The van der Waals surface area contributed by atoms with Crippen LogP contribution in [0.2, 0.25) is 0 Å². The molecule has 0 saturated heterocycles. The summed E-state index contributed by atoms with van der Waals surface area (Å²) in [4.78, 5) is 4.59. The van der Waals surface area contributed by atoms with Gasteiger partial charge < -0.3 is 5.11 Å². The van der Waals surface area contributed by atoms with E-state index in [0.717, 1.165) is 16.7 Å². The van der Waals surface area contributed by atoms with Gasteiger partial charge in [0.25, 0.3) is 0 Å². The first-order valence-corrected chi connectivity index (χ1v) is 4.71. The van der Waals surface area contributed by atoms with Crippen LogP contribution < -0.4 is 5.90 Å². The van der Waals surface area contributed by atoms with Gasteiger partial charge in [0.05, 0.1) is 6.61 Å². The van der Waals surface area contributed by atoms with Gasteiger partial charge in [0.1, 0.15) is 5.75 Å². The summed E-state index contributed by atoms with van der Waals surface area (Å²) in [5.74, 6) is 5.68. The zero-order valence-electron chi connectivity index (χ0n) is 8.87. The number of aryl methyl sites for hydroxylation is 1. The fraction of sp³-hybridized carbons (Fsp3) is 0.455. The molecule has 1 rings (SSSR count). The molecule has 0 atom stereocenters. The number of nitrogens with two attached hydrogens (primary N) is 1. The van der Waals surface area contributed by atoms with Gasteiger partial charge in [-0.2, -0.15) is 0 Å². The lowest BCUT2D eigenvalue weighted by molar-refractivity contribution is 0.121. The number of rotatable bonds is 3. The van der Waals surface area contributed by atoms with E-state index in [4.69, 9.17) is 5.90 Å². The van der Waals surface area contributed by atoms with Crippen molar-refractivity contribution in [2.24, 2.45) is 5.90 Å². The van der Waals surface area contributed by atoms with Gasteiger partial charge in [0, 0.05) is 5.56 Å². The lowest BCUT2D eigenvalue weighted by Crippen LogP contribution is -2.04. The van der Waals surface area contributed by atoms with Gasteiger partial charge in [-0.15, -0.1) is 0 Å². The zero-order valence-corrected chi connectivity index (χ0v) is 8.87. The first kappa shape index (κ1) is 11.0. The van der Waals surface area contributed by atoms with Gasteiger partial charge in [-0.1, -0.05) is 26.0 Å². The molecule has 1 aromatic rings. The van der Waals surface area contributed by atoms with Crippen molar-refractivity contribution in [1.82, 2.24) is 0 Å². The molecule has 1 aromatic carbocycles. The highest BCUT2D eigenvalue weighted by atomic mass is 16.6. The van der Waals surface area contributed by atoms with E-state index in [1.165, 1.54) is 0 Å². The van der Waals surface area contributed by atoms with E-state index in [-0.39, 0.29) is 6.61 Å². The van der Waals surface area contributed by atoms with Crippen molar-refractivity contribution in [2.75, 3.05) is 0 Å². The van der Waals surface area contributed by atoms with Gasteiger partial charge in [0.2, 0.25) is 0 Å². The van der Waals surface area contributed by atoms with Crippen molar-refractivity contribution in [2.45, 2.75) is 33.3 Å². The van der Waals surface area contributed by atoms with Crippen LogP contribution in [0.4, 0.5) is 0 Å². The van der Waals surface area contributed by atoms with Crippen molar-refractivity contribution < 1.29 is 9.94 Å². The predicted octanol–water partition coefficient (Wildman–Crippen LogP) is 2.21. The lowest BCUT2D eigenvalue weighted by Gasteiger charge is -2.14. The standard InChI is InChI=1S/C11H17NO2/c1-7(2)9-5-4-8(3)11(13)10(9)6-14-12/h4-5,7,13H,6,12H2,1-3H3. The first-order valence-electron chi connectivity index (χ1n) is 4.71. The first-order chi connectivity index (χ1) is 6.57. The van der Waals surface area contributed by atoms with Crippen LogP contribution in [0.15, 0.2) is 12.1 Å². The van der Waals surface area contributed by atoms with Crippen molar-refractivity contribution in [3.63, 3.8) is 0 Å². The van der Waals surface area contributed by atoms with Crippen LogP contribution in [0, 0.1) is 6.92 Å². The van der Waals surface area contributed by atoms with E-state index in [1.807, 2.05) is 19.1 Å². The molecule has 3 N–H and O–H groups in total. The Labute approximate surface area is 84.5 Å². The van der Waals surface area contributed by atoms with Crippen LogP contribution in [0.3, 0.4) is 0 Å². The van der Waals surface area contributed by atoms with E-state index >= 15 is 0 Å². The highest BCUT2D eigenvalue weighted by Gasteiger charge is 2.12. The summed E-state index contributed by atoms with van der Waals surface area (Å²) in [6.45, 7) is 6.26. The average Bonchev–Trinajstić information content (AvgIpc) is 2.13. The summed E-state index contributed by atoms with van der Waals surface area (Å²) in [7, 11) is 0. The molecule has 0 amide bonds. The maximum Gasteiger partial charge on any atom is 0.124 e. The van der Waals surface area contributed by atoms with E-state index in [2.05, 4.69) is 18.7 Å². The Bertz CT molecular complexity index is 321. The third-order valence-corrected chi connectivity index (χ3v) is 2.37. The van der Waals surface area contributed by atoms with Gasteiger partial charge in [-0.25, -0.2) is 5.90 Å². The summed E-state index contributed by atoms with van der Waals surface area (Å²) in [6, 6.07) is 3.92. The maximum absolute atomic E-state index is 9.82. The average molecular weight is 195 g/mol. The molecular weight excluding hydrogens is 178 g/mol. The van der Waals surface area contributed by atoms with Crippen LogP contribution in [-0.2, 0) is 11.4 Å². The Hall–Kier alpha value is -1.06. The Morgan fingerprint density at radius 3 is 2.57 bits per heavy atom. The maximum atomic E-state index is 9.82. The van der Waals surface area contributed by atoms with E-state index in [1.54, 1.807) is 0 Å². The molecule has 0 aromatic heterocycles. The summed E-state index contributed by atoms with van der Waals surface area (Å²) in [6.07, 6.45) is 0. The van der Waals surface area contributed by atoms with Gasteiger partial charge in [0.15, 0.2) is 0 Å². The van der Waals surface area contributed by atoms with E-state index in [0.29, 0.717) is 11.7 Å². The van der Waals surface area contributed by atoms with Crippen molar-refractivity contribution in [1.29, 1.82) is 0 Å². The Kier molecular flexibility index (Phi) is 3.49. The molecule has 0 aliphatic carbocycles. The summed E-state index contributed by atoms with van der Waals surface area (Å²) in [5, 5.41) is 9.82. The molecule has 0 bridgehead atoms. The number of phenols is 1. The number of benzene rings is 1. The highest BCUT2D eigenvalue weighted by Crippen LogP contribution is 2.30. The normalized spacial score (nSPS) is 10.9. The molecule has 0 aliphatic heterocycles. The molecule has 0 unspecified atom stereocenters. The van der Waals surface area contributed by atoms with Crippen LogP contribution in [0.25, 0.3) is 0 Å². The van der Waals surface area contributed by atoms with Gasteiger partial charge >= 0.3 is 0 Å². The number of hydrogen-bond donors (Lipinski definition) is 2. The van der Waals surface area contributed by atoms with Crippen molar-refractivity contribution >= 4 is 0 Å². The minimum Gasteiger partial charge on any atom is -0.507 e. The van der Waals surface area contributed by atoms with E-state index in [9.17, 15) is 5.11 Å². The summed E-state index contributed by atoms with van der Waals surface area (Å²) < 4.78 is 0. The molecule has 0 spiro atoms. The molecule has 78 valence electrons. The second kappa shape index (κ2) is 4.44. The SMILES string of the molecule is Cc1ccc(C(C)C)c(CON)c1O.